The molecule has 1 aromatic heterocycles. The lowest BCUT2D eigenvalue weighted by atomic mass is 9.90. The highest BCUT2D eigenvalue weighted by Gasteiger charge is 2.35. The second-order valence-corrected chi connectivity index (χ2v) is 5.71. The van der Waals surface area contributed by atoms with E-state index in [1.54, 1.807) is 12.3 Å². The number of morpholine rings is 1. The van der Waals surface area contributed by atoms with Crippen LogP contribution in [0.3, 0.4) is 0 Å². The maximum Gasteiger partial charge on any atom is 0.341 e. The molecule has 2 heterocycles. The molecule has 0 unspecified atom stereocenters. The van der Waals surface area contributed by atoms with Crippen molar-refractivity contribution in [3.05, 3.63) is 23.7 Å². The number of ether oxygens (including phenoxy) is 2. The summed E-state index contributed by atoms with van der Waals surface area (Å²) in [6.45, 7) is 4.50. The summed E-state index contributed by atoms with van der Waals surface area (Å²) in [5.74, 6) is 0.411. The van der Waals surface area contributed by atoms with Crippen LogP contribution < -0.4 is 0 Å². The van der Waals surface area contributed by atoms with Crippen molar-refractivity contribution in [2.24, 2.45) is 0 Å². The number of carbonyl (C=O) groups is 1. The van der Waals surface area contributed by atoms with Gasteiger partial charge in [0.1, 0.15) is 11.3 Å². The summed E-state index contributed by atoms with van der Waals surface area (Å²) in [7, 11) is 0. The zero-order valence-electron chi connectivity index (χ0n) is 12.5. The Kier molecular flexibility index (Phi) is 4.60. The Morgan fingerprint density at radius 1 is 1.43 bits per heavy atom. The predicted molar refractivity (Wildman–Crippen MR) is 77.1 cm³/mol. The number of hydrogen-bond donors (Lipinski definition) is 0. The Morgan fingerprint density at radius 3 is 3.14 bits per heavy atom. The first kappa shape index (κ1) is 14.6. The second kappa shape index (κ2) is 6.62. The number of carbonyl (C=O) groups excluding carboxylic acids is 1. The van der Waals surface area contributed by atoms with Gasteiger partial charge in [-0.15, -0.1) is 0 Å². The molecule has 1 aliphatic carbocycles. The number of rotatable bonds is 4. The molecule has 2 fully saturated rings. The largest absolute Gasteiger partial charge is 0.467 e. The van der Waals surface area contributed by atoms with Crippen molar-refractivity contribution in [3.8, 4) is 0 Å². The van der Waals surface area contributed by atoms with Crippen LogP contribution in [0.1, 0.15) is 48.7 Å². The fourth-order valence-electron chi connectivity index (χ4n) is 3.41. The zero-order chi connectivity index (χ0) is 14.7. The van der Waals surface area contributed by atoms with Gasteiger partial charge in [0, 0.05) is 12.6 Å². The number of nitrogens with zero attached hydrogens (tertiary/aromatic N) is 1. The van der Waals surface area contributed by atoms with E-state index in [0.29, 0.717) is 36.6 Å². The van der Waals surface area contributed by atoms with Gasteiger partial charge in [-0.05, 0) is 25.8 Å². The van der Waals surface area contributed by atoms with Gasteiger partial charge in [0.15, 0.2) is 0 Å². The van der Waals surface area contributed by atoms with Gasteiger partial charge in [-0.1, -0.05) is 12.8 Å². The lowest BCUT2D eigenvalue weighted by Gasteiger charge is -2.43. The topological polar surface area (TPSA) is 51.9 Å². The molecule has 2 atom stereocenters. The Hall–Kier alpha value is -1.33. The van der Waals surface area contributed by atoms with Crippen LogP contribution in [0.15, 0.2) is 16.7 Å². The molecule has 2 aliphatic rings. The van der Waals surface area contributed by atoms with Gasteiger partial charge >= 0.3 is 5.97 Å². The van der Waals surface area contributed by atoms with Crippen LogP contribution in [-0.4, -0.2) is 42.8 Å². The highest BCUT2D eigenvalue weighted by atomic mass is 16.5. The van der Waals surface area contributed by atoms with Crippen LogP contribution in [0.5, 0.6) is 0 Å². The first-order chi connectivity index (χ1) is 10.3. The quantitative estimate of drug-likeness (QED) is 0.799. The molecule has 1 saturated heterocycles. The maximum absolute atomic E-state index is 11.9. The monoisotopic (exact) mass is 293 g/mol. The van der Waals surface area contributed by atoms with E-state index in [1.165, 1.54) is 19.3 Å². The van der Waals surface area contributed by atoms with Crippen LogP contribution in [0, 0.1) is 0 Å². The summed E-state index contributed by atoms with van der Waals surface area (Å²) in [5.41, 5.74) is 0.552. The Morgan fingerprint density at radius 2 is 2.29 bits per heavy atom. The number of furan rings is 1. The van der Waals surface area contributed by atoms with E-state index in [4.69, 9.17) is 13.9 Å². The van der Waals surface area contributed by atoms with Gasteiger partial charge < -0.3 is 13.9 Å². The molecule has 5 nitrogen and oxygen atoms in total. The molecular formula is C16H23NO4. The Balaban J connectivity index is 1.71. The molecule has 1 aromatic rings. The molecule has 21 heavy (non-hydrogen) atoms. The predicted octanol–water partition coefficient (Wildman–Crippen LogP) is 2.60. The fourth-order valence-corrected chi connectivity index (χ4v) is 3.41. The third-order valence-electron chi connectivity index (χ3n) is 4.43. The van der Waals surface area contributed by atoms with Crippen LogP contribution in [0.25, 0.3) is 0 Å². The zero-order valence-corrected chi connectivity index (χ0v) is 12.5. The van der Waals surface area contributed by atoms with Gasteiger partial charge in [-0.2, -0.15) is 0 Å². The van der Waals surface area contributed by atoms with E-state index in [9.17, 15) is 4.79 Å². The minimum absolute atomic E-state index is 0.297. The first-order valence-corrected chi connectivity index (χ1v) is 7.88. The molecule has 0 aromatic carbocycles. The van der Waals surface area contributed by atoms with Gasteiger partial charge in [-0.25, -0.2) is 4.79 Å². The molecule has 1 saturated carbocycles. The SMILES string of the molecule is CCOC(=O)c1ccoc1CN1CCO[C@@H]2CCCC[C@@H]21. The van der Waals surface area contributed by atoms with Gasteiger partial charge in [0.05, 0.1) is 32.1 Å². The van der Waals surface area contributed by atoms with Gasteiger partial charge in [0.25, 0.3) is 0 Å². The molecule has 1 aliphatic heterocycles. The van der Waals surface area contributed by atoms with Crippen molar-refractivity contribution >= 4 is 5.97 Å². The van der Waals surface area contributed by atoms with E-state index in [1.807, 2.05) is 6.92 Å². The van der Waals surface area contributed by atoms with Gasteiger partial charge in [-0.3, -0.25) is 4.90 Å². The fraction of sp³-hybridized carbons (Fsp3) is 0.688. The Bertz CT molecular complexity index is 482. The van der Waals surface area contributed by atoms with Crippen molar-refractivity contribution in [1.29, 1.82) is 0 Å². The van der Waals surface area contributed by atoms with Crippen LogP contribution in [-0.2, 0) is 16.0 Å². The van der Waals surface area contributed by atoms with E-state index in [0.717, 1.165) is 19.6 Å². The van der Waals surface area contributed by atoms with E-state index >= 15 is 0 Å². The summed E-state index contributed by atoms with van der Waals surface area (Å²) < 4.78 is 16.5. The second-order valence-electron chi connectivity index (χ2n) is 5.71. The first-order valence-electron chi connectivity index (χ1n) is 7.88. The van der Waals surface area contributed by atoms with Crippen LogP contribution in [0.2, 0.25) is 0 Å². The normalized spacial score (nSPS) is 26.3. The Labute approximate surface area is 125 Å². The smallest absolute Gasteiger partial charge is 0.341 e. The average molecular weight is 293 g/mol. The lowest BCUT2D eigenvalue weighted by Crippen LogP contribution is -2.52. The number of fused-ring (bicyclic) bond motifs is 1. The summed E-state index contributed by atoms with van der Waals surface area (Å²) >= 11 is 0. The molecule has 5 heteroatoms. The maximum atomic E-state index is 11.9. The number of esters is 1. The highest BCUT2D eigenvalue weighted by molar-refractivity contribution is 5.90. The molecule has 116 valence electrons. The summed E-state index contributed by atoms with van der Waals surface area (Å²) in [5, 5.41) is 0. The molecule has 0 amide bonds. The molecular weight excluding hydrogens is 270 g/mol. The summed E-state index contributed by atoms with van der Waals surface area (Å²) in [6, 6.07) is 2.15. The van der Waals surface area contributed by atoms with Crippen molar-refractivity contribution in [2.45, 2.75) is 51.3 Å². The molecule has 3 rings (SSSR count). The minimum atomic E-state index is -0.297. The van der Waals surface area contributed by atoms with E-state index in [-0.39, 0.29) is 5.97 Å². The minimum Gasteiger partial charge on any atom is -0.467 e. The summed E-state index contributed by atoms with van der Waals surface area (Å²) in [4.78, 5) is 14.3. The molecule has 0 N–H and O–H groups in total. The number of hydrogen-bond acceptors (Lipinski definition) is 5. The van der Waals surface area contributed by atoms with Crippen LogP contribution in [0.4, 0.5) is 0 Å². The average Bonchev–Trinajstić information content (AvgIpc) is 2.96. The van der Waals surface area contributed by atoms with Crippen molar-refractivity contribution in [2.75, 3.05) is 19.8 Å². The van der Waals surface area contributed by atoms with Gasteiger partial charge in [0.2, 0.25) is 0 Å². The molecule has 0 bridgehead atoms. The standard InChI is InChI=1S/C16H23NO4/c1-2-19-16(18)12-7-9-20-15(12)11-17-8-10-21-14-6-4-3-5-13(14)17/h7,9,13-14H,2-6,8,10-11H2,1H3/t13-,14+/m0/s1. The highest BCUT2D eigenvalue weighted by Crippen LogP contribution is 2.30. The van der Waals surface area contributed by atoms with Crippen molar-refractivity contribution < 1.29 is 18.7 Å². The van der Waals surface area contributed by atoms with Crippen molar-refractivity contribution in [3.63, 3.8) is 0 Å². The van der Waals surface area contributed by atoms with E-state index < -0.39 is 0 Å². The van der Waals surface area contributed by atoms with Crippen LogP contribution >= 0.6 is 0 Å². The summed E-state index contributed by atoms with van der Waals surface area (Å²) in [6.07, 6.45) is 6.73. The molecule has 0 radical (unpaired) electrons. The third kappa shape index (κ3) is 3.14. The third-order valence-corrected chi connectivity index (χ3v) is 4.43. The lowest BCUT2D eigenvalue weighted by molar-refractivity contribution is -0.0927. The van der Waals surface area contributed by atoms with Crippen molar-refractivity contribution in [1.82, 2.24) is 4.90 Å². The molecule has 0 spiro atoms. The van der Waals surface area contributed by atoms with E-state index in [2.05, 4.69) is 4.90 Å².